The molecule has 2 saturated heterocycles. The van der Waals surface area contributed by atoms with Gasteiger partial charge in [0.1, 0.15) is 17.5 Å². The van der Waals surface area contributed by atoms with E-state index in [0.717, 1.165) is 12.1 Å². The lowest BCUT2D eigenvalue weighted by atomic mass is 9.90. The van der Waals surface area contributed by atoms with Crippen LogP contribution in [-0.2, 0) is 17.4 Å². The van der Waals surface area contributed by atoms with Gasteiger partial charge in [-0.3, -0.25) is 9.59 Å². The number of alkyl halides is 3. The van der Waals surface area contributed by atoms with Crippen LogP contribution >= 0.6 is 0 Å². The van der Waals surface area contributed by atoms with E-state index < -0.39 is 41.1 Å². The Morgan fingerprint density at radius 1 is 0.854 bits per heavy atom. The van der Waals surface area contributed by atoms with E-state index in [4.69, 9.17) is 4.42 Å². The molecular weight excluding hydrogens is 635 g/mol. The van der Waals surface area contributed by atoms with Crippen LogP contribution in [0.5, 0.6) is 0 Å². The van der Waals surface area contributed by atoms with Crippen molar-refractivity contribution in [3.8, 4) is 0 Å². The Labute approximate surface area is 273 Å². The Bertz CT molecular complexity index is 1720. The van der Waals surface area contributed by atoms with Gasteiger partial charge in [0.05, 0.1) is 18.3 Å². The minimum absolute atomic E-state index is 0.150. The average Bonchev–Trinajstić information content (AvgIpc) is 3.41. The van der Waals surface area contributed by atoms with Crippen molar-refractivity contribution in [2.24, 2.45) is 0 Å². The molecule has 0 atom stereocenters. The highest BCUT2D eigenvalue weighted by molar-refractivity contribution is 6.03. The standard InChI is InChI=1S/C34H33F5N6O3/c35-26-8-4-9-27(36)25(26)20-29(46)44-15-5-14-43(18-19-44)28-11-10-24(21-40-28)41-32(47)30-31(34(37,38)39)42-33(48-30)45-16-12-23(13-17-45)22-6-2-1-3-7-22/h1-4,6-11,21,23H,5,12-20H2,(H,41,47). The molecule has 4 aromatic rings. The predicted molar refractivity (Wildman–Crippen MR) is 168 cm³/mol. The summed E-state index contributed by atoms with van der Waals surface area (Å²) < 4.78 is 75.3. The molecule has 2 aromatic heterocycles. The second-order valence-electron chi connectivity index (χ2n) is 11.8. The second kappa shape index (κ2) is 14.0. The van der Waals surface area contributed by atoms with Crippen LogP contribution in [0.25, 0.3) is 0 Å². The van der Waals surface area contributed by atoms with E-state index in [1.807, 2.05) is 35.2 Å². The monoisotopic (exact) mass is 668 g/mol. The maximum absolute atomic E-state index is 14.0. The summed E-state index contributed by atoms with van der Waals surface area (Å²) in [6.45, 7) is 2.47. The summed E-state index contributed by atoms with van der Waals surface area (Å²) in [6.07, 6.45) is -2.01. The molecule has 2 aliphatic rings. The third-order valence-electron chi connectivity index (χ3n) is 8.70. The van der Waals surface area contributed by atoms with Crippen molar-refractivity contribution < 1.29 is 36.0 Å². The van der Waals surface area contributed by atoms with Crippen LogP contribution in [0.4, 0.5) is 39.5 Å². The second-order valence-corrected chi connectivity index (χ2v) is 11.8. The number of rotatable bonds is 7. The number of piperidine rings is 1. The van der Waals surface area contributed by atoms with Gasteiger partial charge in [-0.2, -0.15) is 18.2 Å². The summed E-state index contributed by atoms with van der Waals surface area (Å²) in [5.41, 5.74) is -0.346. The van der Waals surface area contributed by atoms with Gasteiger partial charge in [0.2, 0.25) is 11.7 Å². The number of carbonyl (C=O) groups excluding carboxylic acids is 2. The van der Waals surface area contributed by atoms with E-state index in [1.54, 1.807) is 15.9 Å². The van der Waals surface area contributed by atoms with E-state index in [0.29, 0.717) is 64.3 Å². The van der Waals surface area contributed by atoms with Gasteiger partial charge in [-0.25, -0.2) is 13.8 Å². The number of oxazole rings is 1. The average molecular weight is 669 g/mol. The van der Waals surface area contributed by atoms with E-state index in [9.17, 15) is 31.5 Å². The molecule has 0 aliphatic carbocycles. The number of hydrogen-bond acceptors (Lipinski definition) is 7. The van der Waals surface area contributed by atoms with Crippen molar-refractivity contribution >= 4 is 29.3 Å². The molecule has 0 unspecified atom stereocenters. The summed E-state index contributed by atoms with van der Waals surface area (Å²) >= 11 is 0. The maximum Gasteiger partial charge on any atom is 0.437 e. The first-order valence-corrected chi connectivity index (χ1v) is 15.7. The van der Waals surface area contributed by atoms with Gasteiger partial charge >= 0.3 is 6.18 Å². The molecule has 2 aliphatic heterocycles. The van der Waals surface area contributed by atoms with Crippen LogP contribution in [0.2, 0.25) is 0 Å². The van der Waals surface area contributed by atoms with Crippen molar-refractivity contribution in [3.63, 3.8) is 0 Å². The molecule has 0 bridgehead atoms. The minimum Gasteiger partial charge on any atom is -0.417 e. The first-order chi connectivity index (χ1) is 23.1. The fourth-order valence-electron chi connectivity index (χ4n) is 6.11. The number of benzene rings is 2. The third kappa shape index (κ3) is 7.42. The molecule has 0 spiro atoms. The van der Waals surface area contributed by atoms with Crippen molar-refractivity contribution in [1.29, 1.82) is 0 Å². The van der Waals surface area contributed by atoms with Gasteiger partial charge in [-0.1, -0.05) is 36.4 Å². The normalized spacial score (nSPS) is 16.1. The molecular formula is C34H33F5N6O3. The SMILES string of the molecule is O=C(Nc1ccc(N2CCCN(C(=O)Cc3c(F)cccc3F)CC2)nc1)c1oc(N2CCC(c3ccccc3)CC2)nc1C(F)(F)F. The Balaban J connectivity index is 1.07. The zero-order valence-electron chi connectivity index (χ0n) is 25.8. The number of pyridine rings is 1. The largest absolute Gasteiger partial charge is 0.437 e. The fraction of sp³-hybridized carbons (Fsp3) is 0.353. The molecule has 0 radical (unpaired) electrons. The van der Waals surface area contributed by atoms with E-state index in [2.05, 4.69) is 15.3 Å². The number of nitrogens with one attached hydrogen (secondary N) is 1. The molecule has 2 amide bonds. The molecule has 252 valence electrons. The molecule has 14 heteroatoms. The summed E-state index contributed by atoms with van der Waals surface area (Å²) in [4.78, 5) is 39.0. The Kier molecular flexibility index (Phi) is 9.60. The number of amides is 2. The van der Waals surface area contributed by atoms with Crippen LogP contribution in [0.1, 0.15) is 52.6 Å². The highest BCUT2D eigenvalue weighted by Crippen LogP contribution is 2.36. The van der Waals surface area contributed by atoms with Gasteiger partial charge in [0, 0.05) is 44.8 Å². The molecule has 6 rings (SSSR count). The molecule has 2 aromatic carbocycles. The number of halogens is 5. The highest BCUT2D eigenvalue weighted by atomic mass is 19.4. The summed E-state index contributed by atoms with van der Waals surface area (Å²) in [5.74, 6) is -3.17. The first kappa shape index (κ1) is 32.9. The summed E-state index contributed by atoms with van der Waals surface area (Å²) in [5, 5.41) is 2.43. The highest BCUT2D eigenvalue weighted by Gasteiger charge is 2.42. The van der Waals surface area contributed by atoms with Crippen LogP contribution in [0.15, 0.2) is 71.3 Å². The first-order valence-electron chi connectivity index (χ1n) is 15.7. The van der Waals surface area contributed by atoms with Crippen molar-refractivity contribution in [2.75, 3.05) is 54.4 Å². The van der Waals surface area contributed by atoms with Gasteiger partial charge in [-0.05, 0) is 55.0 Å². The lowest BCUT2D eigenvalue weighted by Crippen LogP contribution is -2.36. The maximum atomic E-state index is 14.0. The van der Waals surface area contributed by atoms with Gasteiger partial charge in [0.25, 0.3) is 11.9 Å². The van der Waals surface area contributed by atoms with Gasteiger partial charge in [0.15, 0.2) is 5.69 Å². The van der Waals surface area contributed by atoms with Crippen molar-refractivity contribution in [2.45, 2.75) is 37.8 Å². The Hall–Kier alpha value is -5.01. The van der Waals surface area contributed by atoms with E-state index in [1.165, 1.54) is 23.9 Å². The van der Waals surface area contributed by atoms with Crippen LogP contribution in [0.3, 0.4) is 0 Å². The number of carbonyl (C=O) groups is 2. The number of aromatic nitrogens is 2. The third-order valence-corrected chi connectivity index (χ3v) is 8.70. The van der Waals surface area contributed by atoms with Crippen molar-refractivity contribution in [1.82, 2.24) is 14.9 Å². The zero-order chi connectivity index (χ0) is 33.8. The van der Waals surface area contributed by atoms with E-state index >= 15 is 0 Å². The smallest absolute Gasteiger partial charge is 0.417 e. The Morgan fingerprint density at radius 2 is 1.58 bits per heavy atom. The molecule has 2 fully saturated rings. The quantitative estimate of drug-likeness (QED) is 0.232. The van der Waals surface area contributed by atoms with Gasteiger partial charge in [-0.15, -0.1) is 0 Å². The molecule has 48 heavy (non-hydrogen) atoms. The van der Waals surface area contributed by atoms with Crippen molar-refractivity contribution in [3.05, 3.63) is 101 Å². The number of nitrogens with zero attached hydrogens (tertiary/aromatic N) is 5. The van der Waals surface area contributed by atoms with Crippen LogP contribution < -0.4 is 15.1 Å². The molecule has 9 nitrogen and oxygen atoms in total. The molecule has 1 N–H and O–H groups in total. The predicted octanol–water partition coefficient (Wildman–Crippen LogP) is 6.28. The molecule has 0 saturated carbocycles. The molecule has 4 heterocycles. The van der Waals surface area contributed by atoms with Crippen LogP contribution in [0, 0.1) is 11.6 Å². The van der Waals surface area contributed by atoms with Crippen LogP contribution in [-0.4, -0.2) is 66.0 Å². The van der Waals surface area contributed by atoms with Gasteiger partial charge < -0.3 is 24.4 Å². The topological polar surface area (TPSA) is 94.8 Å². The number of hydrogen-bond donors (Lipinski definition) is 1. The fourth-order valence-corrected chi connectivity index (χ4v) is 6.11. The lowest BCUT2D eigenvalue weighted by Gasteiger charge is -2.31. The zero-order valence-corrected chi connectivity index (χ0v) is 25.8. The minimum atomic E-state index is -4.91. The summed E-state index contributed by atoms with van der Waals surface area (Å²) in [6, 6.07) is 16.2. The summed E-state index contributed by atoms with van der Waals surface area (Å²) in [7, 11) is 0. The Morgan fingerprint density at radius 3 is 2.25 bits per heavy atom. The van der Waals surface area contributed by atoms with E-state index in [-0.39, 0.29) is 29.6 Å². The number of anilines is 3. The lowest BCUT2D eigenvalue weighted by molar-refractivity contribution is -0.141.